The highest BCUT2D eigenvalue weighted by Gasteiger charge is 2.35. The molecule has 1 aliphatic heterocycles. The predicted octanol–water partition coefficient (Wildman–Crippen LogP) is 4.14. The van der Waals surface area contributed by atoms with Gasteiger partial charge in [0.2, 0.25) is 10.0 Å². The van der Waals surface area contributed by atoms with Gasteiger partial charge in [0.1, 0.15) is 12.4 Å². The lowest BCUT2D eigenvalue weighted by Crippen LogP contribution is -2.42. The lowest BCUT2D eigenvalue weighted by molar-refractivity contribution is 0.126. The first kappa shape index (κ1) is 24.0. The van der Waals surface area contributed by atoms with Crippen molar-refractivity contribution in [3.05, 3.63) is 65.9 Å². The van der Waals surface area contributed by atoms with E-state index >= 15 is 0 Å². The number of rotatable bonds is 8. The maximum Gasteiger partial charge on any atom is 0.229 e. The van der Waals surface area contributed by atoms with Gasteiger partial charge in [0.05, 0.1) is 23.3 Å². The van der Waals surface area contributed by atoms with Crippen LogP contribution in [0, 0.1) is 23.7 Å². The van der Waals surface area contributed by atoms with E-state index in [0.717, 1.165) is 66.6 Å². The average Bonchev–Trinajstić information content (AvgIpc) is 2.79. The monoisotopic (exact) mass is 478 g/mol. The fourth-order valence-corrected chi connectivity index (χ4v) is 5.08. The summed E-state index contributed by atoms with van der Waals surface area (Å²) in [4.78, 5) is 6.90. The first-order chi connectivity index (χ1) is 16.3. The van der Waals surface area contributed by atoms with E-state index in [1.165, 1.54) is 0 Å². The van der Waals surface area contributed by atoms with Gasteiger partial charge in [-0.05, 0) is 81.2 Å². The van der Waals surface area contributed by atoms with Gasteiger partial charge in [-0.3, -0.25) is 14.6 Å². The van der Waals surface area contributed by atoms with Gasteiger partial charge in [0.25, 0.3) is 0 Å². The third-order valence-electron chi connectivity index (χ3n) is 6.32. The minimum atomic E-state index is -3.34. The first-order valence-electron chi connectivity index (χ1n) is 11.4. The summed E-state index contributed by atoms with van der Waals surface area (Å²) >= 11 is 0. The average molecular weight is 479 g/mol. The van der Waals surface area contributed by atoms with Gasteiger partial charge in [-0.25, -0.2) is 8.42 Å². The van der Waals surface area contributed by atoms with Crippen LogP contribution in [0.25, 0.3) is 10.9 Å². The number of benzene rings is 2. The molecule has 0 aliphatic carbocycles. The number of aromatic nitrogens is 1. The minimum absolute atomic E-state index is 0.444. The summed E-state index contributed by atoms with van der Waals surface area (Å²) in [6.07, 6.45) is 3.28. The van der Waals surface area contributed by atoms with Gasteiger partial charge in [-0.1, -0.05) is 18.2 Å². The molecule has 2 aromatic carbocycles. The fourth-order valence-electron chi connectivity index (χ4n) is 4.52. The van der Waals surface area contributed by atoms with Crippen molar-refractivity contribution in [1.29, 1.82) is 5.26 Å². The third-order valence-corrected chi connectivity index (χ3v) is 6.93. The largest absolute Gasteiger partial charge is 0.492 e. The van der Waals surface area contributed by atoms with Crippen molar-refractivity contribution in [1.82, 2.24) is 9.88 Å². The van der Waals surface area contributed by atoms with E-state index in [-0.39, 0.29) is 0 Å². The first-order valence-corrected chi connectivity index (χ1v) is 13.3. The van der Waals surface area contributed by atoms with Crippen molar-refractivity contribution in [3.8, 4) is 11.8 Å². The number of nitriles is 1. The van der Waals surface area contributed by atoms with Crippen LogP contribution in [-0.4, -0.2) is 50.8 Å². The molecule has 4 rings (SSSR count). The summed E-state index contributed by atoms with van der Waals surface area (Å²) in [6.45, 7) is 5.01. The quantitative estimate of drug-likeness (QED) is 0.523. The van der Waals surface area contributed by atoms with E-state index in [2.05, 4.69) is 26.7 Å². The number of fused-ring (bicyclic) bond motifs is 1. The van der Waals surface area contributed by atoms with Gasteiger partial charge in [-0.2, -0.15) is 5.26 Å². The van der Waals surface area contributed by atoms with Crippen molar-refractivity contribution in [2.75, 3.05) is 37.2 Å². The molecule has 0 unspecified atom stereocenters. The van der Waals surface area contributed by atoms with Crippen LogP contribution in [0.4, 0.5) is 5.69 Å². The number of nitrogens with zero attached hydrogens (tertiary/aromatic N) is 3. The Morgan fingerprint density at radius 1 is 1.15 bits per heavy atom. The molecule has 2 heterocycles. The number of hydrogen-bond donors (Lipinski definition) is 1. The molecular formula is C26H30N4O3S. The molecular weight excluding hydrogens is 448 g/mol. The Bertz CT molecular complexity index is 1310. The summed E-state index contributed by atoms with van der Waals surface area (Å²) in [7, 11) is -3.34. The highest BCUT2D eigenvalue weighted by atomic mass is 32.2. The Kier molecular flexibility index (Phi) is 7.05. The normalized spacial score (nSPS) is 16.1. The van der Waals surface area contributed by atoms with Crippen LogP contribution in [0.3, 0.4) is 0 Å². The van der Waals surface area contributed by atoms with Crippen molar-refractivity contribution in [3.63, 3.8) is 0 Å². The van der Waals surface area contributed by atoms with E-state index in [0.29, 0.717) is 18.7 Å². The Hall–Kier alpha value is -3.15. The number of aryl methyl sites for hydroxylation is 1. The highest BCUT2D eigenvalue weighted by Crippen LogP contribution is 2.35. The van der Waals surface area contributed by atoms with Crippen LogP contribution in [0.2, 0.25) is 0 Å². The second kappa shape index (κ2) is 10.00. The van der Waals surface area contributed by atoms with Gasteiger partial charge >= 0.3 is 0 Å². The maximum absolute atomic E-state index is 11.5. The van der Waals surface area contributed by atoms with E-state index in [9.17, 15) is 13.7 Å². The van der Waals surface area contributed by atoms with Gasteiger partial charge in [0.15, 0.2) is 0 Å². The molecule has 8 heteroatoms. The SMILES string of the molecule is Cc1ccc2c(OCCN3CCC(C#N)(Cc4cccc(NS(C)(=O)=O)c4)CC3)cccc2n1. The molecule has 0 saturated carbocycles. The second-order valence-corrected chi connectivity index (χ2v) is 10.9. The lowest BCUT2D eigenvalue weighted by atomic mass is 9.75. The zero-order chi connectivity index (χ0) is 24.2. The standard InChI is InChI=1S/C26H30N4O3S/c1-20-9-10-23-24(28-20)7-4-8-25(23)33-16-15-30-13-11-26(19-27,12-14-30)18-21-5-3-6-22(17-21)29-34(2,31)32/h3-10,17,29H,11-16,18H2,1-2H3. The Balaban J connectivity index is 1.32. The zero-order valence-corrected chi connectivity index (χ0v) is 20.4. The summed E-state index contributed by atoms with van der Waals surface area (Å²) in [5, 5.41) is 11.0. The summed E-state index contributed by atoms with van der Waals surface area (Å²) in [5.74, 6) is 0.843. The van der Waals surface area contributed by atoms with Crippen molar-refractivity contribution in [2.45, 2.75) is 26.2 Å². The predicted molar refractivity (Wildman–Crippen MR) is 134 cm³/mol. The third kappa shape index (κ3) is 6.04. The molecule has 1 aromatic heterocycles. The van der Waals surface area contributed by atoms with E-state index < -0.39 is 15.4 Å². The number of likely N-dealkylation sites (tertiary alicyclic amines) is 1. The molecule has 3 aromatic rings. The van der Waals surface area contributed by atoms with Gasteiger partial charge in [-0.15, -0.1) is 0 Å². The van der Waals surface area contributed by atoms with Crippen molar-refractivity contribution >= 4 is 26.6 Å². The molecule has 178 valence electrons. The number of anilines is 1. The number of ether oxygens (including phenoxy) is 1. The van der Waals surface area contributed by atoms with Crippen LogP contribution in [0.5, 0.6) is 5.75 Å². The molecule has 34 heavy (non-hydrogen) atoms. The van der Waals surface area contributed by atoms with Gasteiger partial charge in [0, 0.05) is 23.3 Å². The molecule has 0 amide bonds. The molecule has 0 bridgehead atoms. The van der Waals surface area contributed by atoms with E-state index in [1.807, 2.05) is 49.4 Å². The Morgan fingerprint density at radius 3 is 2.65 bits per heavy atom. The number of hydrogen-bond acceptors (Lipinski definition) is 6. The van der Waals surface area contributed by atoms with Crippen molar-refractivity contribution in [2.24, 2.45) is 5.41 Å². The zero-order valence-electron chi connectivity index (χ0n) is 19.6. The number of pyridine rings is 1. The minimum Gasteiger partial charge on any atom is -0.492 e. The lowest BCUT2D eigenvalue weighted by Gasteiger charge is -2.37. The van der Waals surface area contributed by atoms with E-state index in [1.54, 1.807) is 6.07 Å². The summed E-state index contributed by atoms with van der Waals surface area (Å²) in [6, 6.07) is 19.9. The van der Waals surface area contributed by atoms with Crippen LogP contribution in [0.15, 0.2) is 54.6 Å². The molecule has 0 atom stereocenters. The van der Waals surface area contributed by atoms with Crippen LogP contribution >= 0.6 is 0 Å². The summed E-state index contributed by atoms with van der Waals surface area (Å²) < 4.78 is 31.7. The molecule has 1 fully saturated rings. The fraction of sp³-hybridized carbons (Fsp3) is 0.385. The molecule has 1 saturated heterocycles. The number of nitrogens with one attached hydrogen (secondary N) is 1. The molecule has 1 aliphatic rings. The maximum atomic E-state index is 11.5. The van der Waals surface area contributed by atoms with Crippen LogP contribution < -0.4 is 9.46 Å². The van der Waals surface area contributed by atoms with Gasteiger partial charge < -0.3 is 4.74 Å². The van der Waals surface area contributed by atoms with Crippen LogP contribution in [-0.2, 0) is 16.4 Å². The second-order valence-electron chi connectivity index (χ2n) is 9.11. The van der Waals surface area contributed by atoms with E-state index in [4.69, 9.17) is 4.74 Å². The smallest absolute Gasteiger partial charge is 0.229 e. The summed E-state index contributed by atoms with van der Waals surface area (Å²) in [5.41, 5.74) is 2.97. The number of piperidine rings is 1. The molecule has 0 radical (unpaired) electrons. The number of sulfonamides is 1. The highest BCUT2D eigenvalue weighted by molar-refractivity contribution is 7.92. The van der Waals surface area contributed by atoms with Crippen LogP contribution in [0.1, 0.15) is 24.1 Å². The topological polar surface area (TPSA) is 95.3 Å². The van der Waals surface area contributed by atoms with Crippen molar-refractivity contribution < 1.29 is 13.2 Å². The molecule has 0 spiro atoms. The Morgan fingerprint density at radius 2 is 1.91 bits per heavy atom. The molecule has 7 nitrogen and oxygen atoms in total. The molecule has 1 N–H and O–H groups in total. The Labute approximate surface area is 201 Å².